The molecule has 0 unspecified atom stereocenters. The van der Waals surface area contributed by atoms with Gasteiger partial charge in [0.25, 0.3) is 11.6 Å². The molecule has 0 saturated carbocycles. The van der Waals surface area contributed by atoms with Gasteiger partial charge in [0.15, 0.2) is 12.3 Å². The Bertz CT molecular complexity index is 877. The van der Waals surface area contributed by atoms with Gasteiger partial charge in [-0.1, -0.05) is 30.3 Å². The fourth-order valence-electron chi connectivity index (χ4n) is 2.04. The van der Waals surface area contributed by atoms with E-state index in [1.54, 1.807) is 0 Å². The van der Waals surface area contributed by atoms with Gasteiger partial charge >= 0.3 is 0 Å². The van der Waals surface area contributed by atoms with Crippen LogP contribution in [0.4, 0.5) is 11.5 Å². The summed E-state index contributed by atoms with van der Waals surface area (Å²) < 4.78 is 9.96. The first-order valence-electron chi connectivity index (χ1n) is 7.18. The number of carbonyl (C=O) groups excluding carboxylic acids is 1. The zero-order valence-corrected chi connectivity index (χ0v) is 12.8. The maximum Gasteiger partial charge on any atom is 0.269 e. The molecule has 0 aliphatic heterocycles. The SMILES string of the molecule is O=C(COc1ccc([N+](=O)[O-])cc1)Nc1nonc1-c1ccccc1. The molecule has 0 fully saturated rings. The molecular formula is C16H12N4O5. The second kappa shape index (κ2) is 7.21. The first-order valence-corrected chi connectivity index (χ1v) is 7.18. The lowest BCUT2D eigenvalue weighted by Gasteiger charge is -2.06. The zero-order valence-electron chi connectivity index (χ0n) is 12.8. The molecule has 0 radical (unpaired) electrons. The van der Waals surface area contributed by atoms with Crippen LogP contribution in [0.3, 0.4) is 0 Å². The number of carbonyl (C=O) groups is 1. The van der Waals surface area contributed by atoms with Crippen molar-refractivity contribution in [3.8, 4) is 17.0 Å². The fourth-order valence-corrected chi connectivity index (χ4v) is 2.04. The number of aromatic nitrogens is 2. The number of nitro benzene ring substituents is 1. The van der Waals surface area contributed by atoms with Crippen LogP contribution in [0.5, 0.6) is 5.75 Å². The van der Waals surface area contributed by atoms with Crippen LogP contribution in [0.25, 0.3) is 11.3 Å². The third-order valence-electron chi connectivity index (χ3n) is 3.21. The molecule has 0 bridgehead atoms. The molecule has 2 aromatic carbocycles. The summed E-state index contributed by atoms with van der Waals surface area (Å²) in [5.74, 6) is 0.0528. The standard InChI is InChI=1S/C16H12N4O5/c21-14(10-24-13-8-6-12(7-9-13)20(22)23)17-16-15(18-25-19-16)11-4-2-1-3-5-11/h1-9H,10H2,(H,17,19,21). The molecule has 9 heteroatoms. The molecule has 1 N–H and O–H groups in total. The summed E-state index contributed by atoms with van der Waals surface area (Å²) in [4.78, 5) is 22.1. The van der Waals surface area contributed by atoms with Crippen molar-refractivity contribution in [2.45, 2.75) is 0 Å². The fraction of sp³-hybridized carbons (Fsp3) is 0.0625. The van der Waals surface area contributed by atoms with E-state index in [9.17, 15) is 14.9 Å². The Morgan fingerprint density at radius 2 is 1.84 bits per heavy atom. The lowest BCUT2D eigenvalue weighted by molar-refractivity contribution is -0.384. The maximum absolute atomic E-state index is 12.0. The van der Waals surface area contributed by atoms with Gasteiger partial charge in [-0.3, -0.25) is 14.9 Å². The summed E-state index contributed by atoms with van der Waals surface area (Å²) in [5, 5.41) is 20.6. The minimum absolute atomic E-state index is 0.0574. The highest BCUT2D eigenvalue weighted by Gasteiger charge is 2.15. The predicted molar refractivity (Wildman–Crippen MR) is 87.0 cm³/mol. The molecule has 0 spiro atoms. The lowest BCUT2D eigenvalue weighted by atomic mass is 10.1. The average Bonchev–Trinajstić information content (AvgIpc) is 3.09. The van der Waals surface area contributed by atoms with Crippen molar-refractivity contribution >= 4 is 17.4 Å². The quantitative estimate of drug-likeness (QED) is 0.541. The van der Waals surface area contributed by atoms with E-state index in [1.807, 2.05) is 30.3 Å². The van der Waals surface area contributed by atoms with Gasteiger partial charge in [0.1, 0.15) is 5.75 Å². The van der Waals surface area contributed by atoms with E-state index in [0.29, 0.717) is 11.4 Å². The molecule has 3 aromatic rings. The van der Waals surface area contributed by atoms with Crippen LogP contribution in [-0.2, 0) is 4.79 Å². The molecule has 1 amide bonds. The Hall–Kier alpha value is -3.75. The summed E-state index contributed by atoms with van der Waals surface area (Å²) in [6.45, 7) is -0.293. The molecule has 1 aromatic heterocycles. The van der Waals surface area contributed by atoms with Crippen molar-refractivity contribution in [3.05, 3.63) is 64.7 Å². The average molecular weight is 340 g/mol. The van der Waals surface area contributed by atoms with Gasteiger partial charge in [-0.2, -0.15) is 0 Å². The molecule has 9 nitrogen and oxygen atoms in total. The van der Waals surface area contributed by atoms with E-state index >= 15 is 0 Å². The zero-order chi connectivity index (χ0) is 17.6. The molecule has 0 atom stereocenters. The molecule has 0 saturated heterocycles. The summed E-state index contributed by atoms with van der Waals surface area (Å²) in [6.07, 6.45) is 0. The second-order valence-corrected chi connectivity index (χ2v) is 4.92. The largest absolute Gasteiger partial charge is 0.484 e. The van der Waals surface area contributed by atoms with Gasteiger partial charge in [-0.25, -0.2) is 4.63 Å². The van der Waals surface area contributed by atoms with Crippen LogP contribution in [-0.4, -0.2) is 27.8 Å². The topological polar surface area (TPSA) is 120 Å². The predicted octanol–water partition coefficient (Wildman–Crippen LogP) is 2.66. The monoisotopic (exact) mass is 340 g/mol. The minimum atomic E-state index is -0.515. The van der Waals surface area contributed by atoms with E-state index in [1.165, 1.54) is 24.3 Å². The normalized spacial score (nSPS) is 10.2. The van der Waals surface area contributed by atoms with Crippen molar-refractivity contribution in [1.29, 1.82) is 0 Å². The highest BCUT2D eigenvalue weighted by Crippen LogP contribution is 2.23. The van der Waals surface area contributed by atoms with Gasteiger partial charge < -0.3 is 10.1 Å². The van der Waals surface area contributed by atoms with Crippen LogP contribution in [0, 0.1) is 10.1 Å². The third-order valence-corrected chi connectivity index (χ3v) is 3.21. The minimum Gasteiger partial charge on any atom is -0.484 e. The Morgan fingerprint density at radius 3 is 2.52 bits per heavy atom. The number of nitro groups is 1. The first kappa shape index (κ1) is 16.1. The van der Waals surface area contributed by atoms with Crippen LogP contribution < -0.4 is 10.1 Å². The number of rotatable bonds is 6. The van der Waals surface area contributed by atoms with Gasteiger partial charge in [-0.15, -0.1) is 0 Å². The van der Waals surface area contributed by atoms with Crippen LogP contribution >= 0.6 is 0 Å². The Labute approximate surface area is 141 Å². The number of hydrogen-bond donors (Lipinski definition) is 1. The lowest BCUT2D eigenvalue weighted by Crippen LogP contribution is -2.20. The number of hydrogen-bond acceptors (Lipinski definition) is 7. The van der Waals surface area contributed by atoms with E-state index < -0.39 is 10.8 Å². The van der Waals surface area contributed by atoms with Crippen molar-refractivity contribution < 1.29 is 19.1 Å². The number of anilines is 1. The van der Waals surface area contributed by atoms with E-state index in [4.69, 9.17) is 4.74 Å². The highest BCUT2D eigenvalue weighted by atomic mass is 16.6. The molecule has 0 aliphatic carbocycles. The van der Waals surface area contributed by atoms with Crippen LogP contribution in [0.1, 0.15) is 0 Å². The number of nitrogens with one attached hydrogen (secondary N) is 1. The van der Waals surface area contributed by atoms with Crippen LogP contribution in [0.15, 0.2) is 59.2 Å². The smallest absolute Gasteiger partial charge is 0.269 e. The molecule has 25 heavy (non-hydrogen) atoms. The maximum atomic E-state index is 12.0. The summed E-state index contributed by atoms with van der Waals surface area (Å²) in [5.41, 5.74) is 1.09. The molecule has 126 valence electrons. The third kappa shape index (κ3) is 3.96. The van der Waals surface area contributed by atoms with Gasteiger partial charge in [0, 0.05) is 17.7 Å². The number of benzene rings is 2. The Morgan fingerprint density at radius 1 is 1.12 bits per heavy atom. The molecule has 1 heterocycles. The Balaban J connectivity index is 1.60. The number of nitrogens with zero attached hydrogens (tertiary/aromatic N) is 3. The van der Waals surface area contributed by atoms with E-state index in [2.05, 4.69) is 20.3 Å². The Kier molecular flexibility index (Phi) is 4.65. The molecule has 3 rings (SSSR count). The van der Waals surface area contributed by atoms with E-state index in [0.717, 1.165) is 5.56 Å². The van der Waals surface area contributed by atoms with E-state index in [-0.39, 0.29) is 18.1 Å². The number of non-ortho nitro benzene ring substituents is 1. The second-order valence-electron chi connectivity index (χ2n) is 4.92. The highest BCUT2D eigenvalue weighted by molar-refractivity contribution is 5.94. The molecular weight excluding hydrogens is 328 g/mol. The van der Waals surface area contributed by atoms with Gasteiger partial charge in [-0.05, 0) is 22.4 Å². The van der Waals surface area contributed by atoms with Crippen molar-refractivity contribution in [2.24, 2.45) is 0 Å². The van der Waals surface area contributed by atoms with Crippen molar-refractivity contribution in [1.82, 2.24) is 10.3 Å². The van der Waals surface area contributed by atoms with Crippen molar-refractivity contribution in [2.75, 3.05) is 11.9 Å². The van der Waals surface area contributed by atoms with Gasteiger partial charge in [0.05, 0.1) is 4.92 Å². The van der Waals surface area contributed by atoms with Crippen LogP contribution in [0.2, 0.25) is 0 Å². The summed E-state index contributed by atoms with van der Waals surface area (Å²) in [7, 11) is 0. The number of amides is 1. The number of ether oxygens (including phenoxy) is 1. The summed E-state index contributed by atoms with van der Waals surface area (Å²) >= 11 is 0. The first-order chi connectivity index (χ1) is 12.1. The van der Waals surface area contributed by atoms with Gasteiger partial charge in [0.2, 0.25) is 5.82 Å². The van der Waals surface area contributed by atoms with Crippen molar-refractivity contribution in [3.63, 3.8) is 0 Å². The summed E-state index contributed by atoms with van der Waals surface area (Å²) in [6, 6.07) is 14.5. The molecule has 0 aliphatic rings.